The molecule has 4 nitrogen and oxygen atoms in total. The molecule has 0 bridgehead atoms. The number of methoxy groups -OCH3 is 1. The second-order valence-corrected chi connectivity index (χ2v) is 6.24. The van der Waals surface area contributed by atoms with Crippen LogP contribution < -0.4 is 10.1 Å². The fraction of sp³-hybridized carbons (Fsp3) is 0.647. The van der Waals surface area contributed by atoms with E-state index in [9.17, 15) is 5.11 Å². The topological polar surface area (TPSA) is 44.7 Å². The van der Waals surface area contributed by atoms with Crippen molar-refractivity contribution in [1.82, 2.24) is 10.2 Å². The molecule has 0 aliphatic carbocycles. The highest BCUT2D eigenvalue weighted by Gasteiger charge is 2.19. The van der Waals surface area contributed by atoms with Crippen LogP contribution in [0.2, 0.25) is 0 Å². The van der Waals surface area contributed by atoms with E-state index in [0.717, 1.165) is 37.7 Å². The zero-order valence-corrected chi connectivity index (χ0v) is 13.4. The summed E-state index contributed by atoms with van der Waals surface area (Å²) in [6, 6.07) is 6.18. The second-order valence-electron chi connectivity index (χ2n) is 6.24. The molecule has 0 amide bonds. The molecule has 0 radical (unpaired) electrons. The average Bonchev–Trinajstić information content (AvgIpc) is 2.48. The van der Waals surface area contributed by atoms with Crippen molar-refractivity contribution in [3.63, 3.8) is 0 Å². The van der Waals surface area contributed by atoms with Crippen LogP contribution in [-0.4, -0.2) is 42.8 Å². The van der Waals surface area contributed by atoms with Crippen molar-refractivity contribution in [3.05, 3.63) is 23.8 Å². The molecular weight excluding hydrogens is 264 g/mol. The number of rotatable bonds is 6. The third kappa shape index (κ3) is 4.61. The predicted octanol–water partition coefficient (Wildman–Crippen LogP) is 2.61. The van der Waals surface area contributed by atoms with Crippen molar-refractivity contribution >= 4 is 0 Å². The maximum absolute atomic E-state index is 9.91. The van der Waals surface area contributed by atoms with Crippen molar-refractivity contribution in [2.45, 2.75) is 39.3 Å². The molecule has 0 aromatic heterocycles. The predicted molar refractivity (Wildman–Crippen MR) is 85.8 cm³/mol. The Labute approximate surface area is 128 Å². The molecule has 1 fully saturated rings. The van der Waals surface area contributed by atoms with Gasteiger partial charge in [-0.3, -0.25) is 4.90 Å². The summed E-state index contributed by atoms with van der Waals surface area (Å²) in [5.74, 6) is 1.48. The van der Waals surface area contributed by atoms with Gasteiger partial charge in [-0.2, -0.15) is 0 Å². The van der Waals surface area contributed by atoms with E-state index in [-0.39, 0.29) is 5.75 Å². The average molecular weight is 292 g/mol. The van der Waals surface area contributed by atoms with Gasteiger partial charge in [0.05, 0.1) is 7.11 Å². The first-order chi connectivity index (χ1) is 10.1. The fourth-order valence-electron chi connectivity index (χ4n) is 2.94. The summed E-state index contributed by atoms with van der Waals surface area (Å²) in [4.78, 5) is 2.49. The zero-order chi connectivity index (χ0) is 15.2. The molecule has 0 spiro atoms. The Morgan fingerprint density at radius 3 is 2.81 bits per heavy atom. The second kappa shape index (κ2) is 7.66. The van der Waals surface area contributed by atoms with E-state index < -0.39 is 0 Å². The van der Waals surface area contributed by atoms with Gasteiger partial charge >= 0.3 is 0 Å². The number of nitrogens with one attached hydrogen (secondary N) is 1. The Bertz CT molecular complexity index is 442. The largest absolute Gasteiger partial charge is 0.504 e. The first kappa shape index (κ1) is 16.1. The molecule has 1 heterocycles. The van der Waals surface area contributed by atoms with E-state index in [0.29, 0.717) is 11.8 Å². The van der Waals surface area contributed by atoms with E-state index in [1.807, 2.05) is 18.2 Å². The highest BCUT2D eigenvalue weighted by atomic mass is 16.5. The van der Waals surface area contributed by atoms with Crippen molar-refractivity contribution in [2.75, 3.05) is 26.7 Å². The molecule has 4 heteroatoms. The molecule has 2 rings (SSSR count). The molecule has 1 aromatic rings. The summed E-state index contributed by atoms with van der Waals surface area (Å²) in [6.07, 6.45) is 2.59. The van der Waals surface area contributed by atoms with Crippen LogP contribution in [0, 0.1) is 5.92 Å². The van der Waals surface area contributed by atoms with Crippen LogP contribution in [0.5, 0.6) is 11.5 Å². The molecule has 1 aliphatic heterocycles. The summed E-state index contributed by atoms with van der Waals surface area (Å²) < 4.78 is 5.10. The molecule has 1 aromatic carbocycles. The van der Waals surface area contributed by atoms with Crippen LogP contribution in [0.3, 0.4) is 0 Å². The molecule has 1 atom stereocenters. The summed E-state index contributed by atoms with van der Waals surface area (Å²) in [5.41, 5.74) is 1.13. The number of hydrogen-bond acceptors (Lipinski definition) is 4. The van der Waals surface area contributed by atoms with Gasteiger partial charge in [0.15, 0.2) is 11.5 Å². The number of phenols is 1. The maximum Gasteiger partial charge on any atom is 0.160 e. The van der Waals surface area contributed by atoms with E-state index in [4.69, 9.17) is 4.74 Å². The Balaban J connectivity index is 2.00. The lowest BCUT2D eigenvalue weighted by atomic mass is 9.98. The van der Waals surface area contributed by atoms with Gasteiger partial charge in [-0.05, 0) is 63.4 Å². The number of nitrogens with zero attached hydrogens (tertiary/aromatic N) is 1. The van der Waals surface area contributed by atoms with Crippen LogP contribution in [-0.2, 0) is 6.54 Å². The van der Waals surface area contributed by atoms with Gasteiger partial charge in [-0.1, -0.05) is 6.07 Å². The molecule has 0 saturated carbocycles. The Kier molecular flexibility index (Phi) is 5.88. The summed E-state index contributed by atoms with van der Waals surface area (Å²) in [6.45, 7) is 8.73. The van der Waals surface area contributed by atoms with E-state index in [1.54, 1.807) is 7.11 Å². The molecular formula is C17H28N2O2. The third-order valence-corrected chi connectivity index (χ3v) is 4.25. The quantitative estimate of drug-likeness (QED) is 0.846. The summed E-state index contributed by atoms with van der Waals surface area (Å²) in [5, 5.41) is 13.4. The van der Waals surface area contributed by atoms with E-state index >= 15 is 0 Å². The van der Waals surface area contributed by atoms with Crippen molar-refractivity contribution in [3.8, 4) is 11.5 Å². The van der Waals surface area contributed by atoms with Crippen LogP contribution in [0.4, 0.5) is 0 Å². The fourth-order valence-corrected chi connectivity index (χ4v) is 2.94. The lowest BCUT2D eigenvalue weighted by molar-refractivity contribution is 0.163. The highest BCUT2D eigenvalue weighted by Crippen LogP contribution is 2.27. The van der Waals surface area contributed by atoms with E-state index in [1.165, 1.54) is 12.8 Å². The maximum atomic E-state index is 9.91. The van der Waals surface area contributed by atoms with Crippen molar-refractivity contribution in [2.24, 2.45) is 5.92 Å². The van der Waals surface area contributed by atoms with E-state index in [2.05, 4.69) is 24.1 Å². The minimum Gasteiger partial charge on any atom is -0.504 e. The zero-order valence-electron chi connectivity index (χ0n) is 13.4. The van der Waals surface area contributed by atoms with Gasteiger partial charge in [0, 0.05) is 19.1 Å². The summed E-state index contributed by atoms with van der Waals surface area (Å²) in [7, 11) is 1.57. The SMILES string of the molecule is COc1ccc(CN(CC2CCCNC2)C(C)C)cc1O. The monoisotopic (exact) mass is 292 g/mol. The molecule has 1 aliphatic rings. The molecule has 21 heavy (non-hydrogen) atoms. The first-order valence-electron chi connectivity index (χ1n) is 7.90. The Morgan fingerprint density at radius 1 is 1.43 bits per heavy atom. The van der Waals surface area contributed by atoms with Gasteiger partial charge in [-0.15, -0.1) is 0 Å². The number of hydrogen-bond donors (Lipinski definition) is 2. The van der Waals surface area contributed by atoms with Crippen LogP contribution >= 0.6 is 0 Å². The lowest BCUT2D eigenvalue weighted by Gasteiger charge is -2.33. The summed E-state index contributed by atoms with van der Waals surface area (Å²) >= 11 is 0. The Morgan fingerprint density at radius 2 is 2.24 bits per heavy atom. The smallest absolute Gasteiger partial charge is 0.160 e. The number of benzene rings is 1. The number of piperidine rings is 1. The number of aromatic hydroxyl groups is 1. The third-order valence-electron chi connectivity index (χ3n) is 4.25. The van der Waals surface area contributed by atoms with Crippen LogP contribution in [0.15, 0.2) is 18.2 Å². The van der Waals surface area contributed by atoms with Gasteiger partial charge in [0.25, 0.3) is 0 Å². The molecule has 118 valence electrons. The van der Waals surface area contributed by atoms with Crippen LogP contribution in [0.25, 0.3) is 0 Å². The minimum atomic E-state index is 0.220. The molecule has 1 saturated heterocycles. The van der Waals surface area contributed by atoms with Crippen molar-refractivity contribution in [1.29, 1.82) is 0 Å². The van der Waals surface area contributed by atoms with Crippen LogP contribution in [0.1, 0.15) is 32.3 Å². The normalized spacial score (nSPS) is 19.2. The standard InChI is InChI=1S/C17H28N2O2/c1-13(2)19(12-15-5-4-8-18-10-15)11-14-6-7-17(21-3)16(20)9-14/h6-7,9,13,15,18,20H,4-5,8,10-12H2,1-3H3. The highest BCUT2D eigenvalue weighted by molar-refractivity contribution is 5.41. The van der Waals surface area contributed by atoms with Crippen molar-refractivity contribution < 1.29 is 9.84 Å². The Hall–Kier alpha value is -1.26. The van der Waals surface area contributed by atoms with Gasteiger partial charge in [-0.25, -0.2) is 0 Å². The number of ether oxygens (including phenoxy) is 1. The van der Waals surface area contributed by atoms with Gasteiger partial charge in [0.1, 0.15) is 0 Å². The minimum absolute atomic E-state index is 0.220. The first-order valence-corrected chi connectivity index (χ1v) is 7.90. The van der Waals surface area contributed by atoms with Gasteiger partial charge in [0.2, 0.25) is 0 Å². The lowest BCUT2D eigenvalue weighted by Crippen LogP contribution is -2.40. The van der Waals surface area contributed by atoms with Gasteiger partial charge < -0.3 is 15.2 Å². The molecule has 2 N–H and O–H groups in total. The number of phenolic OH excluding ortho intramolecular Hbond substituents is 1. The molecule has 1 unspecified atom stereocenters.